The number of hydrogen-bond donors (Lipinski definition) is 1. The van der Waals surface area contributed by atoms with Crippen molar-refractivity contribution >= 4 is 5.97 Å². The summed E-state index contributed by atoms with van der Waals surface area (Å²) in [7, 11) is 0. The zero-order valence-corrected chi connectivity index (χ0v) is 21.4. The minimum Gasteiger partial charge on any atom is -0.457 e. The van der Waals surface area contributed by atoms with Gasteiger partial charge in [0.15, 0.2) is 0 Å². The van der Waals surface area contributed by atoms with E-state index >= 15 is 0 Å². The molecule has 2 aliphatic rings. The highest BCUT2D eigenvalue weighted by Gasteiger charge is 2.40. The van der Waals surface area contributed by atoms with Crippen LogP contribution in [0.2, 0.25) is 0 Å². The summed E-state index contributed by atoms with van der Waals surface area (Å²) < 4.78 is 28.5. The minimum atomic E-state index is -0.625. The van der Waals surface area contributed by atoms with E-state index in [2.05, 4.69) is 49.0 Å². The molecule has 0 bridgehead atoms. The lowest BCUT2D eigenvalue weighted by Crippen LogP contribution is -2.37. The van der Waals surface area contributed by atoms with Crippen molar-refractivity contribution in [1.82, 2.24) is 0 Å². The normalized spacial score (nSPS) is 19.9. The first-order valence-electron chi connectivity index (χ1n) is 12.9. The molecule has 0 unspecified atom stereocenters. The highest BCUT2D eigenvalue weighted by molar-refractivity contribution is 5.87. The molecular weight excluding hydrogens is 472 g/mol. The number of aliphatic hydroxyl groups excluding tert-OH is 1. The van der Waals surface area contributed by atoms with Crippen LogP contribution in [0.4, 0.5) is 0 Å². The van der Waals surface area contributed by atoms with E-state index in [1.165, 1.54) is 28.3 Å². The van der Waals surface area contributed by atoms with E-state index in [0.717, 1.165) is 12.0 Å². The van der Waals surface area contributed by atoms with Crippen molar-refractivity contribution in [3.8, 4) is 11.1 Å². The van der Waals surface area contributed by atoms with Gasteiger partial charge >= 0.3 is 5.97 Å². The fourth-order valence-corrected chi connectivity index (χ4v) is 5.09. The summed E-state index contributed by atoms with van der Waals surface area (Å²) in [5.74, 6) is -0.575. The zero-order chi connectivity index (χ0) is 26.0. The molecule has 0 spiro atoms. The maximum absolute atomic E-state index is 12.8. The molecule has 1 N–H and O–H groups in total. The Kier molecular flexibility index (Phi) is 9.91. The van der Waals surface area contributed by atoms with Crippen LogP contribution in [0, 0.1) is 5.92 Å². The molecule has 1 aliphatic heterocycles. The summed E-state index contributed by atoms with van der Waals surface area (Å²) in [6.45, 7) is 7.71. The third kappa shape index (κ3) is 6.48. The van der Waals surface area contributed by atoms with Crippen LogP contribution >= 0.6 is 0 Å². The number of carbonyl (C=O) groups excluding carboxylic acids is 1. The standard InChI is InChI=1S/C30H36O7/c1-3-14-36-29(32)28-20-27(24-11-7-10-23-22-9-6-5-8-21(22)19-26(23)24)25(30(37-28)35-4-2)12-15-33-17-18-34-16-13-31/h3,5-11,20,25,27,30-31H,1,4,12-19H2,2H3/t25-,27-,30-/m1/s1. The molecule has 0 saturated heterocycles. The van der Waals surface area contributed by atoms with Crippen molar-refractivity contribution < 1.29 is 33.6 Å². The van der Waals surface area contributed by atoms with Gasteiger partial charge in [0.05, 0.1) is 26.4 Å². The molecule has 198 valence electrons. The Labute approximate surface area is 218 Å². The Hall–Kier alpha value is -2.97. The van der Waals surface area contributed by atoms with Crippen molar-refractivity contribution in [2.75, 3.05) is 46.2 Å². The van der Waals surface area contributed by atoms with E-state index in [9.17, 15) is 4.79 Å². The van der Waals surface area contributed by atoms with Crippen LogP contribution in [-0.4, -0.2) is 63.6 Å². The fourth-order valence-electron chi connectivity index (χ4n) is 5.09. The number of aliphatic hydroxyl groups is 1. The first-order valence-corrected chi connectivity index (χ1v) is 12.9. The Balaban J connectivity index is 1.63. The summed E-state index contributed by atoms with van der Waals surface area (Å²) in [6.07, 6.45) is 4.30. The summed E-state index contributed by atoms with van der Waals surface area (Å²) >= 11 is 0. The van der Waals surface area contributed by atoms with Gasteiger partial charge in [0.2, 0.25) is 12.0 Å². The Morgan fingerprint density at radius 1 is 1.08 bits per heavy atom. The number of ether oxygens (including phenoxy) is 5. The average Bonchev–Trinajstić information content (AvgIpc) is 3.30. The van der Waals surface area contributed by atoms with Gasteiger partial charge in [0.25, 0.3) is 0 Å². The van der Waals surface area contributed by atoms with Crippen LogP contribution in [-0.2, 0) is 34.9 Å². The monoisotopic (exact) mass is 508 g/mol. The van der Waals surface area contributed by atoms with Crippen LogP contribution in [0.5, 0.6) is 0 Å². The largest absolute Gasteiger partial charge is 0.457 e. The third-order valence-electron chi connectivity index (χ3n) is 6.70. The number of hydrogen-bond acceptors (Lipinski definition) is 7. The van der Waals surface area contributed by atoms with E-state index in [4.69, 9.17) is 28.8 Å². The van der Waals surface area contributed by atoms with Gasteiger partial charge in [-0.25, -0.2) is 4.79 Å². The zero-order valence-electron chi connectivity index (χ0n) is 21.4. The predicted octanol–water partition coefficient (Wildman–Crippen LogP) is 4.38. The lowest BCUT2D eigenvalue weighted by Gasteiger charge is -2.37. The highest BCUT2D eigenvalue weighted by atomic mass is 16.7. The second-order valence-corrected chi connectivity index (χ2v) is 8.99. The maximum atomic E-state index is 12.8. The maximum Gasteiger partial charge on any atom is 0.373 e. The van der Waals surface area contributed by atoms with Crippen LogP contribution in [0.25, 0.3) is 11.1 Å². The van der Waals surface area contributed by atoms with E-state index < -0.39 is 12.3 Å². The molecule has 2 aromatic carbocycles. The summed E-state index contributed by atoms with van der Waals surface area (Å²) in [5, 5.41) is 8.85. The van der Waals surface area contributed by atoms with Gasteiger partial charge in [-0.1, -0.05) is 55.1 Å². The molecule has 0 radical (unpaired) electrons. The number of esters is 1. The van der Waals surface area contributed by atoms with E-state index in [0.29, 0.717) is 39.5 Å². The number of fused-ring (bicyclic) bond motifs is 3. The van der Waals surface area contributed by atoms with Crippen molar-refractivity contribution in [3.05, 3.63) is 83.6 Å². The van der Waals surface area contributed by atoms with Crippen molar-refractivity contribution in [3.63, 3.8) is 0 Å². The SMILES string of the molecule is C=CCOC(=O)C1=C[C@H](c2cccc3c2Cc2ccccc2-3)[C@@H](CCOCCOCCO)[C@H](OCC)O1. The average molecular weight is 509 g/mol. The second kappa shape index (κ2) is 13.5. The van der Waals surface area contributed by atoms with Crippen LogP contribution < -0.4 is 0 Å². The molecule has 3 atom stereocenters. The summed E-state index contributed by atoms with van der Waals surface area (Å²) in [4.78, 5) is 12.8. The quantitative estimate of drug-likeness (QED) is 0.197. The minimum absolute atomic E-state index is 0.00764. The molecule has 0 fully saturated rings. The van der Waals surface area contributed by atoms with Crippen LogP contribution in [0.1, 0.15) is 36.0 Å². The number of rotatable bonds is 14. The molecule has 0 amide bonds. The number of benzene rings is 2. The predicted molar refractivity (Wildman–Crippen MR) is 140 cm³/mol. The lowest BCUT2D eigenvalue weighted by atomic mass is 9.78. The van der Waals surface area contributed by atoms with Gasteiger partial charge in [-0.05, 0) is 53.7 Å². The highest BCUT2D eigenvalue weighted by Crippen LogP contribution is 2.45. The molecule has 1 aliphatic carbocycles. The van der Waals surface area contributed by atoms with Crippen molar-refractivity contribution in [1.29, 1.82) is 0 Å². The van der Waals surface area contributed by atoms with Crippen LogP contribution in [0.3, 0.4) is 0 Å². The van der Waals surface area contributed by atoms with Crippen LogP contribution in [0.15, 0.2) is 67.0 Å². The van der Waals surface area contributed by atoms with Gasteiger partial charge in [0, 0.05) is 25.0 Å². The van der Waals surface area contributed by atoms with Gasteiger partial charge in [-0.15, -0.1) is 0 Å². The molecule has 7 nitrogen and oxygen atoms in total. The molecule has 0 saturated carbocycles. The lowest BCUT2D eigenvalue weighted by molar-refractivity contribution is -0.176. The first-order chi connectivity index (χ1) is 18.2. The van der Waals surface area contributed by atoms with Crippen molar-refractivity contribution in [2.45, 2.75) is 32.0 Å². The first kappa shape index (κ1) is 27.1. The smallest absolute Gasteiger partial charge is 0.373 e. The topological polar surface area (TPSA) is 83.5 Å². The third-order valence-corrected chi connectivity index (χ3v) is 6.70. The summed E-state index contributed by atoms with van der Waals surface area (Å²) in [5.41, 5.74) is 6.21. The molecule has 7 heteroatoms. The molecule has 4 rings (SSSR count). The molecule has 37 heavy (non-hydrogen) atoms. The van der Waals surface area contributed by atoms with Crippen molar-refractivity contribution in [2.24, 2.45) is 5.92 Å². The Morgan fingerprint density at radius 2 is 1.86 bits per heavy atom. The second-order valence-electron chi connectivity index (χ2n) is 8.99. The number of allylic oxidation sites excluding steroid dienone is 1. The van der Waals surface area contributed by atoms with E-state index in [1.807, 2.05) is 13.0 Å². The van der Waals surface area contributed by atoms with Gasteiger partial charge in [-0.2, -0.15) is 0 Å². The molecule has 2 aromatic rings. The summed E-state index contributed by atoms with van der Waals surface area (Å²) in [6, 6.07) is 14.9. The number of carbonyl (C=O) groups is 1. The molecule has 0 aromatic heterocycles. The van der Waals surface area contributed by atoms with Gasteiger partial charge in [-0.3, -0.25) is 0 Å². The fraction of sp³-hybridized carbons (Fsp3) is 0.433. The Bertz CT molecular complexity index is 1090. The Morgan fingerprint density at radius 3 is 2.65 bits per heavy atom. The molecular formula is C30H36O7. The van der Waals surface area contributed by atoms with Gasteiger partial charge < -0.3 is 28.8 Å². The van der Waals surface area contributed by atoms with E-state index in [-0.39, 0.29) is 30.8 Å². The van der Waals surface area contributed by atoms with Gasteiger partial charge in [0.1, 0.15) is 6.61 Å². The van der Waals surface area contributed by atoms with E-state index in [1.54, 1.807) is 0 Å². The molecule has 1 heterocycles.